The summed E-state index contributed by atoms with van der Waals surface area (Å²) in [5, 5.41) is 4.69. The van der Waals surface area contributed by atoms with Crippen LogP contribution in [0.3, 0.4) is 0 Å². The molecule has 0 saturated heterocycles. The van der Waals surface area contributed by atoms with Gasteiger partial charge in [-0.05, 0) is 36.6 Å². The van der Waals surface area contributed by atoms with E-state index in [0.717, 1.165) is 4.88 Å². The lowest BCUT2D eigenvalue weighted by Gasteiger charge is -2.24. The Bertz CT molecular complexity index is 637. The van der Waals surface area contributed by atoms with Crippen LogP contribution < -0.4 is 5.32 Å². The molecule has 0 aliphatic rings. The minimum Gasteiger partial charge on any atom is -0.334 e. The normalized spacial score (nSPS) is 11.8. The monoisotopic (exact) mass is 302 g/mol. The summed E-state index contributed by atoms with van der Waals surface area (Å²) in [6.07, 6.45) is 0. The van der Waals surface area contributed by atoms with Crippen LogP contribution in [-0.2, 0) is 4.79 Å². The predicted molar refractivity (Wildman–Crippen MR) is 85.6 cm³/mol. The first-order chi connectivity index (χ1) is 9.99. The van der Waals surface area contributed by atoms with Crippen LogP contribution in [0.1, 0.15) is 35.1 Å². The maximum Gasteiger partial charge on any atom is 0.254 e. The highest BCUT2D eigenvalue weighted by Gasteiger charge is 2.19. The SMILES string of the molecule is CC(=O)Nc1cccc(C(=O)N(C)[C@H](C)c2cccs2)c1. The number of carbonyl (C=O) groups is 2. The van der Waals surface area contributed by atoms with Crippen LogP contribution in [0, 0.1) is 0 Å². The summed E-state index contributed by atoms with van der Waals surface area (Å²) in [7, 11) is 1.79. The zero-order valence-corrected chi connectivity index (χ0v) is 13.1. The number of rotatable bonds is 4. The molecule has 21 heavy (non-hydrogen) atoms. The molecule has 0 saturated carbocycles. The van der Waals surface area contributed by atoms with Gasteiger partial charge in [0, 0.05) is 30.1 Å². The van der Waals surface area contributed by atoms with Crippen LogP contribution in [0.25, 0.3) is 0 Å². The second kappa shape index (κ2) is 6.54. The Labute approximate surface area is 128 Å². The summed E-state index contributed by atoms with van der Waals surface area (Å²) in [5.41, 5.74) is 1.19. The Morgan fingerprint density at radius 1 is 1.24 bits per heavy atom. The van der Waals surface area contributed by atoms with Crippen molar-refractivity contribution in [2.24, 2.45) is 0 Å². The number of benzene rings is 1. The Balaban J connectivity index is 2.17. The molecule has 0 radical (unpaired) electrons. The van der Waals surface area contributed by atoms with E-state index >= 15 is 0 Å². The number of hydrogen-bond acceptors (Lipinski definition) is 3. The van der Waals surface area contributed by atoms with Gasteiger partial charge in [-0.1, -0.05) is 12.1 Å². The number of nitrogens with one attached hydrogen (secondary N) is 1. The van der Waals surface area contributed by atoms with Crippen molar-refractivity contribution in [3.8, 4) is 0 Å². The van der Waals surface area contributed by atoms with E-state index < -0.39 is 0 Å². The highest BCUT2D eigenvalue weighted by Crippen LogP contribution is 2.25. The molecule has 2 rings (SSSR count). The Morgan fingerprint density at radius 2 is 2.00 bits per heavy atom. The van der Waals surface area contributed by atoms with Crippen LogP contribution >= 0.6 is 11.3 Å². The van der Waals surface area contributed by atoms with E-state index in [1.165, 1.54) is 6.92 Å². The third-order valence-electron chi connectivity index (χ3n) is 3.29. The number of nitrogens with zero attached hydrogens (tertiary/aromatic N) is 1. The molecule has 1 heterocycles. The molecule has 0 aliphatic carbocycles. The highest BCUT2D eigenvalue weighted by molar-refractivity contribution is 7.10. The average molecular weight is 302 g/mol. The van der Waals surface area contributed by atoms with Crippen molar-refractivity contribution in [2.75, 3.05) is 12.4 Å². The van der Waals surface area contributed by atoms with Gasteiger partial charge in [0.15, 0.2) is 0 Å². The summed E-state index contributed by atoms with van der Waals surface area (Å²) in [4.78, 5) is 26.5. The van der Waals surface area contributed by atoms with E-state index in [9.17, 15) is 9.59 Å². The predicted octanol–water partition coefficient (Wildman–Crippen LogP) is 3.54. The smallest absolute Gasteiger partial charge is 0.254 e. The van der Waals surface area contributed by atoms with Gasteiger partial charge in [0.05, 0.1) is 6.04 Å². The van der Waals surface area contributed by atoms with E-state index in [4.69, 9.17) is 0 Å². The first kappa shape index (κ1) is 15.3. The molecule has 1 N–H and O–H groups in total. The molecular weight excluding hydrogens is 284 g/mol. The molecule has 2 aromatic rings. The maximum absolute atomic E-state index is 12.5. The highest BCUT2D eigenvalue weighted by atomic mass is 32.1. The summed E-state index contributed by atoms with van der Waals surface area (Å²) in [5.74, 6) is -0.219. The molecule has 0 spiro atoms. The molecule has 5 heteroatoms. The van der Waals surface area contributed by atoms with Crippen molar-refractivity contribution in [2.45, 2.75) is 19.9 Å². The van der Waals surface area contributed by atoms with Gasteiger partial charge in [0.2, 0.25) is 5.91 Å². The van der Waals surface area contributed by atoms with Crippen LogP contribution in [0.2, 0.25) is 0 Å². The molecule has 1 aromatic heterocycles. The summed E-state index contributed by atoms with van der Waals surface area (Å²) in [6, 6.07) is 11.0. The number of thiophene rings is 1. The van der Waals surface area contributed by atoms with E-state index in [1.54, 1.807) is 47.5 Å². The fourth-order valence-electron chi connectivity index (χ4n) is 2.03. The van der Waals surface area contributed by atoms with Gasteiger partial charge in [-0.15, -0.1) is 11.3 Å². The van der Waals surface area contributed by atoms with Crippen molar-refractivity contribution >= 4 is 28.8 Å². The molecule has 110 valence electrons. The van der Waals surface area contributed by atoms with Gasteiger partial charge in [-0.2, -0.15) is 0 Å². The van der Waals surface area contributed by atoms with E-state index in [-0.39, 0.29) is 17.9 Å². The molecular formula is C16H18N2O2S. The fourth-order valence-corrected chi connectivity index (χ4v) is 2.86. The van der Waals surface area contributed by atoms with E-state index in [2.05, 4.69) is 5.32 Å². The van der Waals surface area contributed by atoms with E-state index in [0.29, 0.717) is 11.3 Å². The van der Waals surface area contributed by atoms with Gasteiger partial charge in [0.25, 0.3) is 5.91 Å². The van der Waals surface area contributed by atoms with Crippen LogP contribution in [0.5, 0.6) is 0 Å². The Kier molecular flexibility index (Phi) is 4.75. The molecule has 1 atom stereocenters. The van der Waals surface area contributed by atoms with Gasteiger partial charge in [-0.25, -0.2) is 0 Å². The lowest BCUT2D eigenvalue weighted by molar-refractivity contribution is -0.114. The first-order valence-electron chi connectivity index (χ1n) is 6.67. The number of anilines is 1. The summed E-state index contributed by atoms with van der Waals surface area (Å²) >= 11 is 1.63. The van der Waals surface area contributed by atoms with E-state index in [1.807, 2.05) is 24.4 Å². The lowest BCUT2D eigenvalue weighted by atomic mass is 10.1. The van der Waals surface area contributed by atoms with Gasteiger partial charge < -0.3 is 10.2 Å². The van der Waals surface area contributed by atoms with Gasteiger partial charge >= 0.3 is 0 Å². The Hall–Kier alpha value is -2.14. The quantitative estimate of drug-likeness (QED) is 0.939. The Morgan fingerprint density at radius 3 is 2.62 bits per heavy atom. The molecule has 0 unspecified atom stereocenters. The molecule has 1 aromatic carbocycles. The number of carbonyl (C=O) groups excluding carboxylic acids is 2. The minimum absolute atomic E-state index is 0.0157. The molecule has 0 fully saturated rings. The van der Waals surface area contributed by atoms with Crippen LogP contribution in [-0.4, -0.2) is 23.8 Å². The second-order valence-corrected chi connectivity index (χ2v) is 5.85. The molecule has 4 nitrogen and oxygen atoms in total. The maximum atomic E-state index is 12.5. The topological polar surface area (TPSA) is 49.4 Å². The largest absolute Gasteiger partial charge is 0.334 e. The van der Waals surface area contributed by atoms with Crippen molar-refractivity contribution in [1.29, 1.82) is 0 Å². The van der Waals surface area contributed by atoms with Gasteiger partial charge in [-0.3, -0.25) is 9.59 Å². The fraction of sp³-hybridized carbons (Fsp3) is 0.250. The minimum atomic E-state index is -0.153. The third-order valence-corrected chi connectivity index (χ3v) is 4.33. The van der Waals surface area contributed by atoms with Crippen molar-refractivity contribution < 1.29 is 9.59 Å². The zero-order chi connectivity index (χ0) is 15.4. The van der Waals surface area contributed by atoms with Crippen LogP contribution in [0.4, 0.5) is 5.69 Å². The van der Waals surface area contributed by atoms with Crippen molar-refractivity contribution in [3.05, 3.63) is 52.2 Å². The first-order valence-corrected chi connectivity index (χ1v) is 7.55. The van der Waals surface area contributed by atoms with Crippen LogP contribution in [0.15, 0.2) is 41.8 Å². The second-order valence-electron chi connectivity index (χ2n) is 4.87. The van der Waals surface area contributed by atoms with Gasteiger partial charge in [0.1, 0.15) is 0 Å². The van der Waals surface area contributed by atoms with Crippen molar-refractivity contribution in [1.82, 2.24) is 4.90 Å². The average Bonchev–Trinajstić information content (AvgIpc) is 2.98. The molecule has 0 bridgehead atoms. The van der Waals surface area contributed by atoms with Crippen molar-refractivity contribution in [3.63, 3.8) is 0 Å². The number of hydrogen-bond donors (Lipinski definition) is 1. The zero-order valence-electron chi connectivity index (χ0n) is 12.3. The third kappa shape index (κ3) is 3.70. The number of amides is 2. The molecule has 0 aliphatic heterocycles. The standard InChI is InChI=1S/C16H18N2O2S/c1-11(15-8-5-9-21-15)18(3)16(20)13-6-4-7-14(10-13)17-12(2)19/h4-11H,1-3H3,(H,17,19)/t11-/m1/s1. The lowest BCUT2D eigenvalue weighted by Crippen LogP contribution is -2.29. The molecule has 2 amide bonds. The summed E-state index contributed by atoms with van der Waals surface area (Å²) in [6.45, 7) is 3.45. The summed E-state index contributed by atoms with van der Waals surface area (Å²) < 4.78 is 0.